The summed E-state index contributed by atoms with van der Waals surface area (Å²) >= 11 is 0. The van der Waals surface area contributed by atoms with Gasteiger partial charge in [0.25, 0.3) is 5.91 Å². The molecule has 2 heterocycles. The van der Waals surface area contributed by atoms with Gasteiger partial charge in [0, 0.05) is 57.4 Å². The number of ether oxygens (including phenoxy) is 2. The molecule has 2 aliphatic heterocycles. The molecule has 0 bridgehead atoms. The van der Waals surface area contributed by atoms with E-state index in [4.69, 9.17) is 14.9 Å². The Bertz CT molecular complexity index is 1370. The average molecular weight is 592 g/mol. The van der Waals surface area contributed by atoms with Crippen LogP contribution >= 0.6 is 0 Å². The van der Waals surface area contributed by atoms with Crippen LogP contribution in [0.25, 0.3) is 0 Å². The standard InChI is InChI=1S/C33H45N5O5/c1-7-42-29-16-24-19-38(31(34)26(24)17-27(29)32(41)35-6)20-28(39)23-13-22(14-25(15-23)33(3,4)5)18-36-9-11-37(12-10-36)21-30(40)43-8-2/h13-17,34H,7-12,18-21H2,1-6H3,(H,35,41). The molecule has 10 heteroatoms. The zero-order valence-electron chi connectivity index (χ0n) is 26.3. The first kappa shape index (κ1) is 32.2. The molecule has 2 aliphatic rings. The lowest BCUT2D eigenvalue weighted by Gasteiger charge is -2.34. The van der Waals surface area contributed by atoms with Gasteiger partial charge in [0.2, 0.25) is 0 Å². The second kappa shape index (κ2) is 13.7. The van der Waals surface area contributed by atoms with Gasteiger partial charge in [-0.2, -0.15) is 0 Å². The van der Waals surface area contributed by atoms with Crippen LogP contribution < -0.4 is 10.1 Å². The lowest BCUT2D eigenvalue weighted by Crippen LogP contribution is -2.47. The number of ketones is 1. The summed E-state index contributed by atoms with van der Waals surface area (Å²) in [6.45, 7) is 15.6. The Labute approximate surface area is 254 Å². The van der Waals surface area contributed by atoms with Gasteiger partial charge in [-0.15, -0.1) is 0 Å². The van der Waals surface area contributed by atoms with E-state index in [2.05, 4.69) is 42.0 Å². The fourth-order valence-electron chi connectivity index (χ4n) is 5.55. The molecular weight excluding hydrogens is 546 g/mol. The number of piperazine rings is 1. The van der Waals surface area contributed by atoms with Crippen molar-refractivity contribution in [2.24, 2.45) is 0 Å². The fourth-order valence-corrected chi connectivity index (χ4v) is 5.55. The highest BCUT2D eigenvalue weighted by molar-refractivity contribution is 6.07. The molecule has 1 fully saturated rings. The van der Waals surface area contributed by atoms with Crippen LogP contribution in [0.1, 0.15) is 77.6 Å². The normalized spacial score (nSPS) is 15.8. The van der Waals surface area contributed by atoms with E-state index in [9.17, 15) is 14.4 Å². The third kappa shape index (κ3) is 7.80. The maximum Gasteiger partial charge on any atom is 0.320 e. The van der Waals surface area contributed by atoms with Gasteiger partial charge in [-0.1, -0.05) is 26.8 Å². The average Bonchev–Trinajstić information content (AvgIpc) is 3.26. The lowest BCUT2D eigenvalue weighted by atomic mass is 9.84. The molecule has 0 radical (unpaired) electrons. The first-order valence-electron chi connectivity index (χ1n) is 15.1. The van der Waals surface area contributed by atoms with E-state index in [-0.39, 0.29) is 35.5 Å². The van der Waals surface area contributed by atoms with Crippen molar-refractivity contribution in [1.29, 1.82) is 5.41 Å². The summed E-state index contributed by atoms with van der Waals surface area (Å²) in [6, 6.07) is 9.65. The van der Waals surface area contributed by atoms with E-state index in [0.717, 1.165) is 42.9 Å². The van der Waals surface area contributed by atoms with E-state index in [1.54, 1.807) is 18.0 Å². The van der Waals surface area contributed by atoms with Crippen molar-refractivity contribution in [1.82, 2.24) is 20.0 Å². The second-order valence-corrected chi connectivity index (χ2v) is 12.2. The van der Waals surface area contributed by atoms with Crippen LogP contribution in [-0.2, 0) is 28.0 Å². The molecule has 0 aromatic heterocycles. The van der Waals surface area contributed by atoms with E-state index in [1.165, 1.54) is 0 Å². The number of Topliss-reactive ketones (excluding diaryl/α,β-unsaturated/α-hetero) is 1. The molecule has 2 aromatic rings. The molecule has 10 nitrogen and oxygen atoms in total. The predicted octanol–water partition coefficient (Wildman–Crippen LogP) is 3.45. The minimum absolute atomic E-state index is 0.0549. The topological polar surface area (TPSA) is 115 Å². The van der Waals surface area contributed by atoms with Crippen LogP contribution in [0.4, 0.5) is 0 Å². The van der Waals surface area contributed by atoms with Crippen molar-refractivity contribution in [3.05, 3.63) is 63.7 Å². The van der Waals surface area contributed by atoms with Crippen molar-refractivity contribution in [2.45, 2.75) is 53.1 Å². The van der Waals surface area contributed by atoms with Crippen molar-refractivity contribution in [3.8, 4) is 5.75 Å². The maximum absolute atomic E-state index is 13.7. The highest BCUT2D eigenvalue weighted by atomic mass is 16.5. The molecular formula is C33H45N5O5. The Hall–Kier alpha value is -3.76. The van der Waals surface area contributed by atoms with Crippen LogP contribution in [0.15, 0.2) is 30.3 Å². The van der Waals surface area contributed by atoms with Crippen LogP contribution in [0, 0.1) is 5.41 Å². The second-order valence-electron chi connectivity index (χ2n) is 12.2. The Morgan fingerprint density at radius 2 is 1.63 bits per heavy atom. The summed E-state index contributed by atoms with van der Waals surface area (Å²) < 4.78 is 10.8. The summed E-state index contributed by atoms with van der Waals surface area (Å²) in [6.07, 6.45) is 0. The fraction of sp³-hybridized carbons (Fsp3) is 0.515. The summed E-state index contributed by atoms with van der Waals surface area (Å²) in [5.41, 5.74) is 4.53. The van der Waals surface area contributed by atoms with E-state index in [0.29, 0.717) is 55.3 Å². The van der Waals surface area contributed by atoms with Gasteiger partial charge in [0.15, 0.2) is 5.78 Å². The predicted molar refractivity (Wildman–Crippen MR) is 166 cm³/mol. The van der Waals surface area contributed by atoms with Crippen LogP contribution in [-0.4, -0.2) is 97.7 Å². The third-order valence-corrected chi connectivity index (χ3v) is 7.95. The number of carbonyl (C=O) groups is 3. The number of amides is 1. The van der Waals surface area contributed by atoms with Gasteiger partial charge in [0.1, 0.15) is 11.6 Å². The number of hydrogen-bond donors (Lipinski definition) is 2. The molecule has 2 aromatic carbocycles. The number of hydrogen-bond acceptors (Lipinski definition) is 8. The minimum Gasteiger partial charge on any atom is -0.493 e. The molecule has 2 N–H and O–H groups in total. The van der Waals surface area contributed by atoms with Gasteiger partial charge >= 0.3 is 5.97 Å². The van der Waals surface area contributed by atoms with E-state index < -0.39 is 0 Å². The summed E-state index contributed by atoms with van der Waals surface area (Å²) in [5, 5.41) is 11.4. The molecule has 0 atom stereocenters. The summed E-state index contributed by atoms with van der Waals surface area (Å²) in [7, 11) is 1.56. The quantitative estimate of drug-likeness (QED) is 0.302. The molecule has 1 amide bonds. The van der Waals surface area contributed by atoms with Gasteiger partial charge in [-0.3, -0.25) is 29.6 Å². The Morgan fingerprint density at radius 1 is 0.930 bits per heavy atom. The van der Waals surface area contributed by atoms with Crippen LogP contribution in [0.2, 0.25) is 0 Å². The largest absolute Gasteiger partial charge is 0.493 e. The van der Waals surface area contributed by atoms with Gasteiger partial charge in [-0.25, -0.2) is 0 Å². The number of amidine groups is 1. The number of carbonyl (C=O) groups excluding carboxylic acids is 3. The van der Waals surface area contributed by atoms with E-state index in [1.807, 2.05) is 32.0 Å². The van der Waals surface area contributed by atoms with E-state index >= 15 is 0 Å². The number of fused-ring (bicyclic) bond motifs is 1. The molecule has 0 aliphatic carbocycles. The third-order valence-electron chi connectivity index (χ3n) is 7.95. The molecule has 0 saturated carbocycles. The number of esters is 1. The highest BCUT2D eigenvalue weighted by Crippen LogP contribution is 2.31. The van der Waals surface area contributed by atoms with Crippen LogP contribution in [0.5, 0.6) is 5.75 Å². The molecule has 232 valence electrons. The van der Waals surface area contributed by atoms with Gasteiger partial charge in [0.05, 0.1) is 31.9 Å². The highest BCUT2D eigenvalue weighted by Gasteiger charge is 2.30. The SMILES string of the molecule is CCOC(=O)CN1CCN(Cc2cc(C(=O)CN3Cc4cc(OCC)c(C(=O)NC)cc4C3=N)cc(C(C)(C)C)c2)CC1. The van der Waals surface area contributed by atoms with Gasteiger partial charge < -0.3 is 19.7 Å². The number of benzene rings is 2. The number of nitrogens with zero attached hydrogens (tertiary/aromatic N) is 3. The molecule has 0 unspecified atom stereocenters. The van der Waals surface area contributed by atoms with Crippen molar-refractivity contribution in [3.63, 3.8) is 0 Å². The van der Waals surface area contributed by atoms with Crippen LogP contribution in [0.3, 0.4) is 0 Å². The van der Waals surface area contributed by atoms with Crippen molar-refractivity contribution >= 4 is 23.5 Å². The Kier molecular flexibility index (Phi) is 10.2. The number of nitrogens with one attached hydrogen (secondary N) is 2. The molecule has 4 rings (SSSR count). The zero-order valence-corrected chi connectivity index (χ0v) is 26.3. The smallest absolute Gasteiger partial charge is 0.320 e. The maximum atomic E-state index is 13.7. The first-order valence-corrected chi connectivity index (χ1v) is 15.1. The zero-order chi connectivity index (χ0) is 31.3. The van der Waals surface area contributed by atoms with Crippen molar-refractivity contribution < 1.29 is 23.9 Å². The van der Waals surface area contributed by atoms with Gasteiger partial charge in [-0.05, 0) is 60.2 Å². The lowest BCUT2D eigenvalue weighted by molar-refractivity contribution is -0.144. The Morgan fingerprint density at radius 3 is 2.26 bits per heavy atom. The molecule has 0 spiro atoms. The summed E-state index contributed by atoms with van der Waals surface area (Å²) in [4.78, 5) is 44.3. The molecule has 1 saturated heterocycles. The monoisotopic (exact) mass is 591 g/mol. The first-order chi connectivity index (χ1) is 20.4. The Balaban J connectivity index is 1.48. The number of rotatable bonds is 11. The van der Waals surface area contributed by atoms with Crippen molar-refractivity contribution in [2.75, 3.05) is 59.5 Å². The molecule has 43 heavy (non-hydrogen) atoms. The minimum atomic E-state index is -0.277. The summed E-state index contributed by atoms with van der Waals surface area (Å²) in [5.74, 6) is 0.185.